The van der Waals surface area contributed by atoms with Crippen molar-refractivity contribution in [1.29, 1.82) is 0 Å². The molecule has 154 valence electrons. The minimum Gasteiger partial charge on any atom is -0.369 e. The highest BCUT2D eigenvalue weighted by Crippen LogP contribution is 2.27. The second-order valence-corrected chi connectivity index (χ2v) is 8.28. The highest BCUT2D eigenvalue weighted by Gasteiger charge is 2.09. The van der Waals surface area contributed by atoms with E-state index in [1.165, 1.54) is 15.6 Å². The number of anilines is 1. The van der Waals surface area contributed by atoms with E-state index >= 15 is 0 Å². The lowest BCUT2D eigenvalue weighted by Gasteiger charge is -2.18. The van der Waals surface area contributed by atoms with Gasteiger partial charge in [0.1, 0.15) is 5.82 Å². The van der Waals surface area contributed by atoms with Gasteiger partial charge < -0.3 is 10.2 Å². The van der Waals surface area contributed by atoms with Crippen LogP contribution in [0.1, 0.15) is 31.0 Å². The molecule has 2 aromatic carbocycles. The number of aromatic nitrogens is 2. The second kappa shape index (κ2) is 9.83. The van der Waals surface area contributed by atoms with Gasteiger partial charge in [-0.2, -0.15) is 0 Å². The number of benzene rings is 2. The van der Waals surface area contributed by atoms with Gasteiger partial charge in [-0.05, 0) is 72.6 Å². The summed E-state index contributed by atoms with van der Waals surface area (Å²) in [5.74, 6) is 1.65. The van der Waals surface area contributed by atoms with Crippen LogP contribution in [0.25, 0.3) is 33.8 Å². The molecule has 1 N–H and O–H groups in total. The van der Waals surface area contributed by atoms with E-state index in [0.29, 0.717) is 0 Å². The SMILES string of the molecule is CCN(CC)CCCNc1nc(C=Cc2cccs2)nc2cc3ccccc3cc12. The Morgan fingerprint density at radius 3 is 2.50 bits per heavy atom. The van der Waals surface area contributed by atoms with Gasteiger partial charge in [0, 0.05) is 16.8 Å². The molecule has 0 aliphatic rings. The van der Waals surface area contributed by atoms with Crippen molar-refractivity contribution in [2.24, 2.45) is 0 Å². The maximum Gasteiger partial charge on any atom is 0.155 e. The summed E-state index contributed by atoms with van der Waals surface area (Å²) >= 11 is 1.71. The smallest absolute Gasteiger partial charge is 0.155 e. The zero-order valence-electron chi connectivity index (χ0n) is 17.6. The highest BCUT2D eigenvalue weighted by molar-refractivity contribution is 7.10. The average molecular weight is 417 g/mol. The third-order valence-electron chi connectivity index (χ3n) is 5.36. The van der Waals surface area contributed by atoms with Gasteiger partial charge in [-0.1, -0.05) is 44.2 Å². The zero-order chi connectivity index (χ0) is 20.8. The Morgan fingerprint density at radius 1 is 0.967 bits per heavy atom. The number of nitrogens with one attached hydrogen (secondary N) is 1. The van der Waals surface area contributed by atoms with Gasteiger partial charge in [0.2, 0.25) is 0 Å². The van der Waals surface area contributed by atoms with E-state index in [2.05, 4.69) is 84.1 Å². The molecule has 0 unspecified atom stereocenters. The summed E-state index contributed by atoms with van der Waals surface area (Å²) in [6, 6.07) is 16.9. The van der Waals surface area contributed by atoms with Crippen molar-refractivity contribution in [3.63, 3.8) is 0 Å². The van der Waals surface area contributed by atoms with Crippen LogP contribution in [-0.4, -0.2) is 41.0 Å². The van der Waals surface area contributed by atoms with Crippen LogP contribution in [0.3, 0.4) is 0 Å². The van der Waals surface area contributed by atoms with E-state index in [9.17, 15) is 0 Å². The maximum absolute atomic E-state index is 4.85. The molecule has 2 aromatic heterocycles. The molecule has 4 nitrogen and oxygen atoms in total. The van der Waals surface area contributed by atoms with Gasteiger partial charge in [0.25, 0.3) is 0 Å². The number of thiophene rings is 1. The predicted octanol–water partition coefficient (Wildman–Crippen LogP) is 6.16. The Labute approximate surface area is 182 Å². The third kappa shape index (κ3) is 4.86. The molecule has 4 rings (SSSR count). The van der Waals surface area contributed by atoms with Gasteiger partial charge >= 0.3 is 0 Å². The molecule has 0 spiro atoms. The Hall–Kier alpha value is -2.76. The Balaban J connectivity index is 1.64. The number of nitrogens with zero attached hydrogens (tertiary/aromatic N) is 3. The number of fused-ring (bicyclic) bond motifs is 2. The molecule has 5 heteroatoms. The Morgan fingerprint density at radius 2 is 1.77 bits per heavy atom. The molecule has 0 aliphatic carbocycles. The van der Waals surface area contributed by atoms with E-state index in [1.54, 1.807) is 11.3 Å². The largest absolute Gasteiger partial charge is 0.369 e. The van der Waals surface area contributed by atoms with Crippen LogP contribution >= 0.6 is 11.3 Å². The van der Waals surface area contributed by atoms with E-state index in [4.69, 9.17) is 9.97 Å². The van der Waals surface area contributed by atoms with Crippen LogP contribution in [-0.2, 0) is 0 Å². The molecule has 0 atom stereocenters. The first-order chi connectivity index (χ1) is 14.8. The molecule has 2 heterocycles. The molecular formula is C25H28N4S. The zero-order valence-corrected chi connectivity index (χ0v) is 18.5. The summed E-state index contributed by atoms with van der Waals surface area (Å²) in [6.45, 7) is 8.60. The molecular weight excluding hydrogens is 388 g/mol. The fourth-order valence-corrected chi connectivity index (χ4v) is 4.25. The van der Waals surface area contributed by atoms with Crippen molar-refractivity contribution < 1.29 is 0 Å². The quantitative estimate of drug-likeness (QED) is 0.262. The molecule has 0 saturated heterocycles. The summed E-state index contributed by atoms with van der Waals surface area (Å²) in [7, 11) is 0. The summed E-state index contributed by atoms with van der Waals surface area (Å²) in [6.07, 6.45) is 5.17. The molecule has 30 heavy (non-hydrogen) atoms. The summed E-state index contributed by atoms with van der Waals surface area (Å²) < 4.78 is 0. The summed E-state index contributed by atoms with van der Waals surface area (Å²) in [5, 5.41) is 9.14. The van der Waals surface area contributed by atoms with E-state index in [-0.39, 0.29) is 0 Å². The summed E-state index contributed by atoms with van der Waals surface area (Å²) in [5.41, 5.74) is 0.973. The van der Waals surface area contributed by atoms with Gasteiger partial charge in [0.15, 0.2) is 5.82 Å². The molecule has 0 radical (unpaired) electrons. The normalized spacial score (nSPS) is 11.8. The fourth-order valence-electron chi connectivity index (χ4n) is 3.63. The first kappa shape index (κ1) is 20.5. The minimum absolute atomic E-state index is 0.734. The second-order valence-electron chi connectivity index (χ2n) is 7.30. The standard InChI is InChI=1S/C25H28N4S/c1-3-29(4-2)15-8-14-26-25-22-17-19-9-5-6-10-20(19)18-23(22)27-24(28-25)13-12-21-11-7-16-30-21/h5-7,9-13,16-18H,3-4,8,14-15H2,1-2H3,(H,26,27,28). The number of rotatable bonds is 9. The van der Waals surface area contributed by atoms with Crippen LogP contribution < -0.4 is 5.32 Å². The average Bonchev–Trinajstić information content (AvgIpc) is 3.30. The van der Waals surface area contributed by atoms with Crippen LogP contribution in [0.15, 0.2) is 53.9 Å². The van der Waals surface area contributed by atoms with E-state index < -0.39 is 0 Å². The van der Waals surface area contributed by atoms with Gasteiger partial charge in [0.05, 0.1) is 5.52 Å². The maximum atomic E-state index is 4.85. The van der Waals surface area contributed by atoms with Crippen molar-refractivity contribution in [3.8, 4) is 0 Å². The molecule has 4 aromatic rings. The lowest BCUT2D eigenvalue weighted by Crippen LogP contribution is -2.25. The molecule has 0 amide bonds. The summed E-state index contributed by atoms with van der Waals surface area (Å²) in [4.78, 5) is 13.3. The van der Waals surface area contributed by atoms with Crippen LogP contribution in [0, 0.1) is 0 Å². The lowest BCUT2D eigenvalue weighted by molar-refractivity contribution is 0.303. The van der Waals surface area contributed by atoms with Gasteiger partial charge in [-0.3, -0.25) is 0 Å². The molecule has 0 saturated carbocycles. The minimum atomic E-state index is 0.734. The highest BCUT2D eigenvalue weighted by atomic mass is 32.1. The van der Waals surface area contributed by atoms with Crippen molar-refractivity contribution in [1.82, 2.24) is 14.9 Å². The van der Waals surface area contributed by atoms with Crippen molar-refractivity contribution in [2.45, 2.75) is 20.3 Å². The predicted molar refractivity (Wildman–Crippen MR) is 131 cm³/mol. The van der Waals surface area contributed by atoms with Crippen LogP contribution in [0.2, 0.25) is 0 Å². The van der Waals surface area contributed by atoms with E-state index in [1.807, 2.05) is 6.08 Å². The molecule has 0 aliphatic heterocycles. The van der Waals surface area contributed by atoms with Gasteiger partial charge in [-0.25, -0.2) is 9.97 Å². The van der Waals surface area contributed by atoms with Gasteiger partial charge in [-0.15, -0.1) is 11.3 Å². The number of hydrogen-bond donors (Lipinski definition) is 1. The molecule has 0 bridgehead atoms. The number of hydrogen-bond acceptors (Lipinski definition) is 5. The third-order valence-corrected chi connectivity index (χ3v) is 6.20. The van der Waals surface area contributed by atoms with Crippen LogP contribution in [0.5, 0.6) is 0 Å². The molecule has 0 fully saturated rings. The fraction of sp³-hybridized carbons (Fsp3) is 0.280. The van der Waals surface area contributed by atoms with Crippen molar-refractivity contribution in [3.05, 3.63) is 64.6 Å². The van der Waals surface area contributed by atoms with Crippen LogP contribution in [0.4, 0.5) is 5.82 Å². The first-order valence-corrected chi connectivity index (χ1v) is 11.5. The first-order valence-electron chi connectivity index (χ1n) is 10.6. The topological polar surface area (TPSA) is 41.0 Å². The van der Waals surface area contributed by atoms with Crippen molar-refractivity contribution in [2.75, 3.05) is 31.5 Å². The van der Waals surface area contributed by atoms with E-state index in [0.717, 1.165) is 55.1 Å². The Bertz CT molecular complexity index is 1130. The Kier molecular flexibility index (Phi) is 6.72. The lowest BCUT2D eigenvalue weighted by atomic mass is 10.1. The van der Waals surface area contributed by atoms with Crippen molar-refractivity contribution >= 4 is 51.0 Å². The monoisotopic (exact) mass is 416 g/mol.